The Kier molecular flexibility index (Phi) is 5.01. The average Bonchev–Trinajstić information content (AvgIpc) is 3.17. The second-order valence-corrected chi connectivity index (χ2v) is 8.70. The molecule has 1 heterocycles. The van der Waals surface area contributed by atoms with Gasteiger partial charge >= 0.3 is 0 Å². The highest BCUT2D eigenvalue weighted by Crippen LogP contribution is 2.24. The third-order valence-electron chi connectivity index (χ3n) is 4.73. The number of aromatic amines is 1. The van der Waals surface area contributed by atoms with Crippen LogP contribution in [0, 0.1) is 13.8 Å². The summed E-state index contributed by atoms with van der Waals surface area (Å²) < 4.78 is 28.5. The van der Waals surface area contributed by atoms with Gasteiger partial charge in [0, 0.05) is 16.8 Å². The Hall–Kier alpha value is -3.65. The number of anilines is 2. The van der Waals surface area contributed by atoms with E-state index in [1.54, 1.807) is 55.6 Å². The number of H-pyrrole nitrogens is 1. The molecule has 0 aliphatic heterocycles. The fourth-order valence-electron chi connectivity index (χ4n) is 3.24. The molecule has 152 valence electrons. The Morgan fingerprint density at radius 1 is 0.967 bits per heavy atom. The highest BCUT2D eigenvalue weighted by Gasteiger charge is 2.19. The Bertz CT molecular complexity index is 1360. The molecule has 0 atom stereocenters. The molecule has 0 aliphatic carbocycles. The van der Waals surface area contributed by atoms with Crippen LogP contribution < -0.4 is 10.0 Å². The number of carbonyl (C=O) groups is 1. The van der Waals surface area contributed by atoms with Crippen LogP contribution in [0.25, 0.3) is 10.9 Å². The minimum atomic E-state index is -3.83. The van der Waals surface area contributed by atoms with E-state index >= 15 is 0 Å². The van der Waals surface area contributed by atoms with Crippen LogP contribution in [0.5, 0.6) is 0 Å². The van der Waals surface area contributed by atoms with Crippen molar-refractivity contribution < 1.29 is 13.2 Å². The molecule has 0 unspecified atom stereocenters. The molecule has 0 fully saturated rings. The molecule has 0 saturated carbocycles. The minimum Gasteiger partial charge on any atom is -0.322 e. The van der Waals surface area contributed by atoms with Gasteiger partial charge in [-0.3, -0.25) is 14.6 Å². The van der Waals surface area contributed by atoms with Crippen molar-refractivity contribution in [2.24, 2.45) is 0 Å². The number of benzene rings is 3. The number of para-hydroxylation sites is 1. The first-order valence-electron chi connectivity index (χ1n) is 9.27. The third kappa shape index (κ3) is 3.90. The van der Waals surface area contributed by atoms with Gasteiger partial charge in [-0.05, 0) is 55.3 Å². The zero-order chi connectivity index (χ0) is 21.3. The number of aryl methyl sites for hydroxylation is 2. The summed E-state index contributed by atoms with van der Waals surface area (Å²) in [6.07, 6.45) is 1.64. The minimum absolute atomic E-state index is 0.0987. The maximum absolute atomic E-state index is 12.9. The van der Waals surface area contributed by atoms with E-state index in [4.69, 9.17) is 0 Å². The lowest BCUT2D eigenvalue weighted by molar-refractivity contribution is 0.102. The van der Waals surface area contributed by atoms with E-state index in [2.05, 4.69) is 20.2 Å². The summed E-state index contributed by atoms with van der Waals surface area (Å²) in [7, 11) is -3.83. The number of fused-ring (bicyclic) bond motifs is 1. The lowest BCUT2D eigenvalue weighted by Crippen LogP contribution is -2.16. The summed E-state index contributed by atoms with van der Waals surface area (Å²) in [6.45, 7) is 3.60. The second-order valence-electron chi connectivity index (χ2n) is 7.05. The SMILES string of the molecule is Cc1cccc(NS(=O)(=O)c2cc(NC(=O)c3cccc4cn[nH]c34)ccc2C)c1. The van der Waals surface area contributed by atoms with Crippen LogP contribution in [0.4, 0.5) is 11.4 Å². The number of nitrogens with one attached hydrogen (secondary N) is 3. The summed E-state index contributed by atoms with van der Waals surface area (Å²) in [5.74, 6) is -0.358. The van der Waals surface area contributed by atoms with Gasteiger partial charge in [-0.15, -0.1) is 0 Å². The van der Waals surface area contributed by atoms with Crippen LogP contribution in [0.15, 0.2) is 71.8 Å². The summed E-state index contributed by atoms with van der Waals surface area (Å²) in [4.78, 5) is 12.9. The molecule has 4 rings (SSSR count). The fourth-order valence-corrected chi connectivity index (χ4v) is 4.56. The van der Waals surface area contributed by atoms with Crippen molar-refractivity contribution in [3.63, 3.8) is 0 Å². The van der Waals surface area contributed by atoms with Gasteiger partial charge in [0.25, 0.3) is 15.9 Å². The molecule has 3 aromatic carbocycles. The van der Waals surface area contributed by atoms with Gasteiger partial charge in [0.2, 0.25) is 0 Å². The molecule has 0 radical (unpaired) electrons. The molecule has 0 spiro atoms. The van der Waals surface area contributed by atoms with Crippen molar-refractivity contribution >= 4 is 38.2 Å². The van der Waals surface area contributed by atoms with Gasteiger partial charge < -0.3 is 5.32 Å². The Morgan fingerprint density at radius 2 is 1.77 bits per heavy atom. The van der Waals surface area contributed by atoms with Gasteiger partial charge in [-0.2, -0.15) is 5.10 Å². The highest BCUT2D eigenvalue weighted by atomic mass is 32.2. The number of sulfonamides is 1. The lowest BCUT2D eigenvalue weighted by atomic mass is 10.1. The number of hydrogen-bond donors (Lipinski definition) is 3. The predicted molar refractivity (Wildman–Crippen MR) is 117 cm³/mol. The summed E-state index contributed by atoms with van der Waals surface area (Å²) in [5, 5.41) is 10.4. The number of amides is 1. The third-order valence-corrected chi connectivity index (χ3v) is 6.25. The lowest BCUT2D eigenvalue weighted by Gasteiger charge is -2.13. The van der Waals surface area contributed by atoms with Gasteiger partial charge in [-0.1, -0.05) is 30.3 Å². The molecule has 1 aromatic heterocycles. The molecule has 0 bridgehead atoms. The molecule has 0 aliphatic rings. The Labute approximate surface area is 174 Å². The summed E-state index contributed by atoms with van der Waals surface area (Å²) >= 11 is 0. The predicted octanol–water partition coefficient (Wildman–Crippen LogP) is 4.23. The van der Waals surface area contributed by atoms with Crippen LogP contribution in [0.3, 0.4) is 0 Å². The zero-order valence-corrected chi connectivity index (χ0v) is 17.2. The van der Waals surface area contributed by atoms with E-state index < -0.39 is 10.0 Å². The van der Waals surface area contributed by atoms with Crippen LogP contribution in [-0.2, 0) is 10.0 Å². The van der Waals surface area contributed by atoms with Crippen molar-refractivity contribution in [1.82, 2.24) is 10.2 Å². The van der Waals surface area contributed by atoms with E-state index in [0.29, 0.717) is 28.0 Å². The molecular weight excluding hydrogens is 400 g/mol. The molecule has 3 N–H and O–H groups in total. The number of carbonyl (C=O) groups excluding carboxylic acids is 1. The standard InChI is InChI=1S/C22H20N4O3S/c1-14-5-3-7-18(11-14)26-30(28,29)20-12-17(10-9-15(20)2)24-22(27)19-8-4-6-16-13-23-25-21(16)19/h3-13,26H,1-2H3,(H,23,25)(H,24,27). The van der Waals surface area contributed by atoms with E-state index in [1.807, 2.05) is 19.1 Å². The number of hydrogen-bond acceptors (Lipinski definition) is 4. The van der Waals surface area contributed by atoms with E-state index in [0.717, 1.165) is 10.9 Å². The summed E-state index contributed by atoms with van der Waals surface area (Å²) in [6, 6.07) is 17.2. The fraction of sp³-hybridized carbons (Fsp3) is 0.0909. The molecule has 4 aromatic rings. The Balaban J connectivity index is 1.63. The first-order chi connectivity index (χ1) is 14.3. The first-order valence-corrected chi connectivity index (χ1v) is 10.8. The van der Waals surface area contributed by atoms with Crippen LogP contribution >= 0.6 is 0 Å². The van der Waals surface area contributed by atoms with Crippen molar-refractivity contribution in [2.45, 2.75) is 18.7 Å². The smallest absolute Gasteiger partial charge is 0.262 e. The topological polar surface area (TPSA) is 104 Å². The van der Waals surface area contributed by atoms with Crippen LogP contribution in [0.1, 0.15) is 21.5 Å². The van der Waals surface area contributed by atoms with E-state index in [1.165, 1.54) is 6.07 Å². The van der Waals surface area contributed by atoms with Gasteiger partial charge in [0.15, 0.2) is 0 Å². The molecule has 1 amide bonds. The van der Waals surface area contributed by atoms with Crippen LogP contribution in [0.2, 0.25) is 0 Å². The van der Waals surface area contributed by atoms with E-state index in [-0.39, 0.29) is 10.8 Å². The van der Waals surface area contributed by atoms with Crippen molar-refractivity contribution in [2.75, 3.05) is 10.0 Å². The van der Waals surface area contributed by atoms with Gasteiger partial charge in [0.05, 0.1) is 22.2 Å². The number of nitrogens with zero attached hydrogens (tertiary/aromatic N) is 1. The van der Waals surface area contributed by atoms with Gasteiger partial charge in [-0.25, -0.2) is 8.42 Å². The van der Waals surface area contributed by atoms with Crippen molar-refractivity contribution in [1.29, 1.82) is 0 Å². The molecule has 30 heavy (non-hydrogen) atoms. The zero-order valence-electron chi connectivity index (χ0n) is 16.4. The monoisotopic (exact) mass is 420 g/mol. The normalized spacial score (nSPS) is 11.4. The molecule has 0 saturated heterocycles. The number of rotatable bonds is 5. The molecular formula is C22H20N4O3S. The Morgan fingerprint density at radius 3 is 2.57 bits per heavy atom. The van der Waals surface area contributed by atoms with Crippen molar-refractivity contribution in [3.05, 3.63) is 83.6 Å². The summed E-state index contributed by atoms with van der Waals surface area (Å²) in [5.41, 5.74) is 3.43. The maximum atomic E-state index is 12.9. The molecule has 8 heteroatoms. The molecule has 7 nitrogen and oxygen atoms in total. The van der Waals surface area contributed by atoms with Gasteiger partial charge in [0.1, 0.15) is 0 Å². The average molecular weight is 420 g/mol. The first kappa shape index (κ1) is 19.7. The highest BCUT2D eigenvalue weighted by molar-refractivity contribution is 7.92. The quantitative estimate of drug-likeness (QED) is 0.449. The maximum Gasteiger partial charge on any atom is 0.262 e. The van der Waals surface area contributed by atoms with Crippen LogP contribution in [-0.4, -0.2) is 24.5 Å². The number of aromatic nitrogens is 2. The van der Waals surface area contributed by atoms with E-state index in [9.17, 15) is 13.2 Å². The second kappa shape index (κ2) is 7.64. The van der Waals surface area contributed by atoms with Crippen molar-refractivity contribution in [3.8, 4) is 0 Å². The largest absolute Gasteiger partial charge is 0.322 e.